The van der Waals surface area contributed by atoms with Crippen LogP contribution in [0.2, 0.25) is 0 Å². The van der Waals surface area contributed by atoms with Crippen LogP contribution in [0.5, 0.6) is 0 Å². The van der Waals surface area contributed by atoms with Crippen molar-refractivity contribution in [3.05, 3.63) is 22.3 Å². The van der Waals surface area contributed by atoms with Gasteiger partial charge in [0.2, 0.25) is 0 Å². The molecule has 0 radical (unpaired) electrons. The molecule has 2 rings (SSSR count). The van der Waals surface area contributed by atoms with Crippen LogP contribution in [0.15, 0.2) is 11.6 Å². The summed E-state index contributed by atoms with van der Waals surface area (Å²) in [5, 5.41) is 10.9. The molecule has 0 unspecified atom stereocenters. The van der Waals surface area contributed by atoms with Gasteiger partial charge in [0.1, 0.15) is 10.8 Å². The maximum atomic E-state index is 6.20. The molecular weight excluding hydrogens is 258 g/mol. The molecule has 0 atom stereocenters. The van der Waals surface area contributed by atoms with Crippen LogP contribution in [0.1, 0.15) is 44.3 Å². The van der Waals surface area contributed by atoms with Crippen molar-refractivity contribution in [1.29, 1.82) is 0 Å². The summed E-state index contributed by atoms with van der Waals surface area (Å²) in [6.07, 6.45) is 1.82. The first kappa shape index (κ1) is 13.9. The summed E-state index contributed by atoms with van der Waals surface area (Å²) in [7, 11) is 1.91. The average molecular weight is 279 g/mol. The number of aromatic nitrogens is 3. The van der Waals surface area contributed by atoms with Crippen molar-refractivity contribution in [3.63, 3.8) is 0 Å². The first-order valence-corrected chi connectivity index (χ1v) is 7.21. The minimum absolute atomic E-state index is 0.273. The lowest BCUT2D eigenvalue weighted by Crippen LogP contribution is -2.29. The van der Waals surface area contributed by atoms with E-state index in [1.54, 1.807) is 16.0 Å². The maximum absolute atomic E-state index is 6.20. The van der Waals surface area contributed by atoms with Gasteiger partial charge in [-0.1, -0.05) is 13.8 Å². The fraction of sp³-hybridized carbons (Fsp3) is 0.538. The van der Waals surface area contributed by atoms with E-state index in [0.717, 1.165) is 22.2 Å². The Labute approximate surface area is 117 Å². The van der Waals surface area contributed by atoms with Crippen LogP contribution in [0.25, 0.3) is 0 Å². The highest BCUT2D eigenvalue weighted by Crippen LogP contribution is 2.33. The zero-order chi connectivity index (χ0) is 14.2. The van der Waals surface area contributed by atoms with Gasteiger partial charge in [-0.25, -0.2) is 4.98 Å². The summed E-state index contributed by atoms with van der Waals surface area (Å²) in [5.41, 5.74) is 7.58. The van der Waals surface area contributed by atoms with Gasteiger partial charge in [-0.15, -0.1) is 11.3 Å². The molecule has 0 aliphatic heterocycles. The molecule has 0 saturated carbocycles. The highest BCUT2D eigenvalue weighted by atomic mass is 32.1. The Bertz CT molecular complexity index is 554. The van der Waals surface area contributed by atoms with Gasteiger partial charge in [-0.05, 0) is 19.8 Å². The first-order valence-electron chi connectivity index (χ1n) is 6.33. The van der Waals surface area contributed by atoms with Crippen molar-refractivity contribution in [2.75, 3.05) is 11.1 Å². The molecule has 5 nitrogen and oxygen atoms in total. The third-order valence-corrected chi connectivity index (χ3v) is 4.15. The highest BCUT2D eigenvalue weighted by Gasteiger charge is 2.27. The van der Waals surface area contributed by atoms with E-state index in [2.05, 4.69) is 43.1 Å². The summed E-state index contributed by atoms with van der Waals surface area (Å²) in [6.45, 7) is 8.36. The molecule has 0 aromatic carbocycles. The van der Waals surface area contributed by atoms with E-state index < -0.39 is 0 Å². The summed E-state index contributed by atoms with van der Waals surface area (Å²) in [6, 6.07) is 0. The Morgan fingerprint density at radius 2 is 2.11 bits per heavy atom. The Hall–Kier alpha value is -1.56. The summed E-state index contributed by atoms with van der Waals surface area (Å²) < 4.78 is 1.81. The van der Waals surface area contributed by atoms with Crippen molar-refractivity contribution in [1.82, 2.24) is 14.8 Å². The fourth-order valence-corrected chi connectivity index (χ4v) is 2.74. The number of aryl methyl sites for hydroxylation is 1. The van der Waals surface area contributed by atoms with E-state index in [-0.39, 0.29) is 5.54 Å². The number of anilines is 2. The van der Waals surface area contributed by atoms with E-state index in [9.17, 15) is 0 Å². The minimum atomic E-state index is -0.273. The zero-order valence-corrected chi connectivity index (χ0v) is 12.9. The third kappa shape index (κ3) is 2.58. The molecule has 0 saturated heterocycles. The van der Waals surface area contributed by atoms with Gasteiger partial charge < -0.3 is 11.1 Å². The molecule has 0 aliphatic carbocycles. The second-order valence-corrected chi connectivity index (χ2v) is 6.41. The molecule has 0 aliphatic rings. The number of nitrogens with one attached hydrogen (secondary N) is 1. The van der Waals surface area contributed by atoms with E-state index >= 15 is 0 Å². The van der Waals surface area contributed by atoms with Crippen LogP contribution >= 0.6 is 11.3 Å². The second-order valence-electron chi connectivity index (χ2n) is 5.51. The summed E-state index contributed by atoms with van der Waals surface area (Å²) in [4.78, 5) is 4.37. The van der Waals surface area contributed by atoms with Crippen molar-refractivity contribution < 1.29 is 0 Å². The maximum Gasteiger partial charge on any atom is 0.148 e. The van der Waals surface area contributed by atoms with E-state index in [0.29, 0.717) is 5.92 Å². The summed E-state index contributed by atoms with van der Waals surface area (Å²) in [5.74, 6) is 1.16. The molecule has 2 aromatic rings. The molecule has 0 bridgehead atoms. The largest absolute Gasteiger partial charge is 0.394 e. The Morgan fingerprint density at radius 3 is 2.58 bits per heavy atom. The van der Waals surface area contributed by atoms with Crippen molar-refractivity contribution in [3.8, 4) is 0 Å². The molecule has 19 heavy (non-hydrogen) atoms. The van der Waals surface area contributed by atoms with Crippen molar-refractivity contribution in [2.24, 2.45) is 7.05 Å². The number of hydrogen-bond donors (Lipinski definition) is 2. The van der Waals surface area contributed by atoms with Crippen LogP contribution in [0, 0.1) is 0 Å². The van der Waals surface area contributed by atoms with Crippen LogP contribution in [-0.2, 0) is 12.6 Å². The molecule has 2 heterocycles. The van der Waals surface area contributed by atoms with Gasteiger partial charge in [-0.2, -0.15) is 5.10 Å². The predicted molar refractivity (Wildman–Crippen MR) is 80.5 cm³/mol. The number of rotatable bonds is 4. The second kappa shape index (κ2) is 4.85. The fourth-order valence-electron chi connectivity index (χ4n) is 2.02. The van der Waals surface area contributed by atoms with E-state index in [4.69, 9.17) is 5.73 Å². The van der Waals surface area contributed by atoms with Crippen molar-refractivity contribution >= 4 is 22.8 Å². The van der Waals surface area contributed by atoms with Crippen molar-refractivity contribution in [2.45, 2.75) is 39.2 Å². The molecule has 2 aromatic heterocycles. The molecule has 6 heteroatoms. The number of thiazole rings is 1. The average Bonchev–Trinajstić information content (AvgIpc) is 2.92. The van der Waals surface area contributed by atoms with Gasteiger partial charge in [0.05, 0.1) is 16.9 Å². The smallest absolute Gasteiger partial charge is 0.148 e. The summed E-state index contributed by atoms with van der Waals surface area (Å²) >= 11 is 1.63. The molecule has 0 spiro atoms. The van der Waals surface area contributed by atoms with Gasteiger partial charge in [0.15, 0.2) is 0 Å². The lowest BCUT2D eigenvalue weighted by atomic mass is 10.1. The first-order chi connectivity index (χ1) is 8.83. The van der Waals surface area contributed by atoms with Crippen LogP contribution in [0.4, 0.5) is 11.5 Å². The SMILES string of the molecule is CC(C)c1nn(C)c(NC(C)(C)c2nccs2)c1N. The number of nitrogens with two attached hydrogens (primary N) is 1. The van der Waals surface area contributed by atoms with E-state index in [1.165, 1.54) is 0 Å². The van der Waals surface area contributed by atoms with E-state index in [1.807, 2.05) is 18.6 Å². The molecule has 0 amide bonds. The quantitative estimate of drug-likeness (QED) is 0.903. The minimum Gasteiger partial charge on any atom is -0.394 e. The lowest BCUT2D eigenvalue weighted by Gasteiger charge is -2.25. The molecule has 0 fully saturated rings. The van der Waals surface area contributed by atoms with Gasteiger partial charge in [-0.3, -0.25) is 4.68 Å². The van der Waals surface area contributed by atoms with Gasteiger partial charge >= 0.3 is 0 Å². The Kier molecular flexibility index (Phi) is 3.54. The predicted octanol–water partition coefficient (Wildman–Crippen LogP) is 2.93. The van der Waals surface area contributed by atoms with Gasteiger partial charge in [0.25, 0.3) is 0 Å². The third-order valence-electron chi connectivity index (χ3n) is 3.06. The molecular formula is C13H21N5S. The monoisotopic (exact) mass is 279 g/mol. The number of hydrogen-bond acceptors (Lipinski definition) is 5. The molecule has 104 valence electrons. The van der Waals surface area contributed by atoms with Crippen LogP contribution in [-0.4, -0.2) is 14.8 Å². The number of nitrogens with zero attached hydrogens (tertiary/aromatic N) is 3. The Balaban J connectivity index is 2.34. The highest BCUT2D eigenvalue weighted by molar-refractivity contribution is 7.09. The Morgan fingerprint density at radius 1 is 1.42 bits per heavy atom. The topological polar surface area (TPSA) is 68.8 Å². The zero-order valence-electron chi connectivity index (χ0n) is 12.1. The standard InChI is InChI=1S/C13H21N5S/c1-8(2)10-9(14)11(18(5)17-10)16-13(3,4)12-15-6-7-19-12/h6-8,16H,14H2,1-5H3. The van der Waals surface area contributed by atoms with Crippen LogP contribution in [0.3, 0.4) is 0 Å². The number of nitrogen functional groups attached to an aromatic ring is 1. The molecule has 3 N–H and O–H groups in total. The lowest BCUT2D eigenvalue weighted by molar-refractivity contribution is 0.589. The van der Waals surface area contributed by atoms with Gasteiger partial charge in [0, 0.05) is 18.6 Å². The van der Waals surface area contributed by atoms with Crippen LogP contribution < -0.4 is 11.1 Å². The normalized spacial score (nSPS) is 12.1.